The number of H-pyrrole nitrogens is 2. The highest BCUT2D eigenvalue weighted by Gasteiger charge is 2.59. The molecule has 2 aliphatic carbocycles. The number of hydrogen-bond donors (Lipinski definition) is 4. The van der Waals surface area contributed by atoms with Crippen LogP contribution >= 0.6 is 46.7 Å². The first-order valence-electron chi connectivity index (χ1n) is 21.0. The molecule has 0 bridgehead atoms. The first-order valence-corrected chi connectivity index (χ1v) is 23.4. The van der Waals surface area contributed by atoms with Gasteiger partial charge in [-0.2, -0.15) is 0 Å². The maximum atomic E-state index is 7.26. The van der Waals surface area contributed by atoms with Crippen LogP contribution in [0.3, 0.4) is 0 Å². The molecule has 8 aromatic heterocycles. The number of pyridine rings is 3. The van der Waals surface area contributed by atoms with Crippen LogP contribution in [0.4, 0.5) is 11.6 Å². The monoisotopic (exact) mass is 901 g/mol. The van der Waals surface area contributed by atoms with Gasteiger partial charge in [-0.15, -0.1) is 0 Å². The molecule has 62 heavy (non-hydrogen) atoms. The molecular formula is C43H41Cl2N15S2. The van der Waals surface area contributed by atoms with E-state index in [1.165, 1.54) is 23.5 Å². The van der Waals surface area contributed by atoms with Gasteiger partial charge < -0.3 is 31.2 Å². The number of anilines is 2. The Kier molecular flexibility index (Phi) is 9.10. The second-order valence-corrected chi connectivity index (χ2v) is 20.1. The second kappa shape index (κ2) is 14.6. The zero-order chi connectivity index (χ0) is 41.9. The minimum Gasteiger partial charge on any atom is -0.355 e. The minimum absolute atomic E-state index is 0.0488. The maximum absolute atomic E-state index is 7.26. The van der Waals surface area contributed by atoms with Gasteiger partial charge in [0.2, 0.25) is 0 Å². The van der Waals surface area contributed by atoms with Crippen LogP contribution in [-0.4, -0.2) is 92.1 Å². The molecule has 2 atom stereocenters. The number of aryl methyl sites for hydroxylation is 2. The first kappa shape index (κ1) is 38.7. The molecule has 10 heterocycles. The Hall–Kier alpha value is -4.91. The summed E-state index contributed by atoms with van der Waals surface area (Å²) in [7, 11) is 0. The van der Waals surface area contributed by atoms with E-state index in [0.717, 1.165) is 136 Å². The van der Waals surface area contributed by atoms with Gasteiger partial charge in [0.1, 0.15) is 28.4 Å². The predicted octanol–water partition coefficient (Wildman–Crippen LogP) is 7.40. The van der Waals surface area contributed by atoms with Crippen LogP contribution in [0.1, 0.15) is 44.0 Å². The summed E-state index contributed by atoms with van der Waals surface area (Å²) < 4.78 is 0. The van der Waals surface area contributed by atoms with Crippen LogP contribution in [0.15, 0.2) is 75.4 Å². The van der Waals surface area contributed by atoms with Crippen LogP contribution < -0.4 is 21.3 Å². The molecule has 2 saturated heterocycles. The van der Waals surface area contributed by atoms with Crippen LogP contribution in [0.2, 0.25) is 10.0 Å². The highest BCUT2D eigenvalue weighted by Crippen LogP contribution is 2.54. The molecule has 4 aliphatic rings. The lowest BCUT2D eigenvalue weighted by atomic mass is 9.87. The third-order valence-electron chi connectivity index (χ3n) is 13.4. The molecule has 15 nitrogen and oxygen atoms in total. The topological polar surface area (TPSA) is 206 Å². The van der Waals surface area contributed by atoms with Crippen molar-refractivity contribution >= 4 is 103 Å². The SMILES string of the molecule is CCc1[nH]c2nc(Sc3cnc4cccnc4c3)nc(N3CC(C4(N)CC4CCc4[nH]c5nc(Sc6cnc7nccnc7c6)nc(N6CC(C7(N)CC7)C6)c5c4Cl)C3)c2c1Cl. The number of nitrogens with two attached hydrogens (primary N) is 2. The van der Waals surface area contributed by atoms with Crippen LogP contribution in [0.5, 0.6) is 0 Å². The number of fused-ring (bicyclic) bond motifs is 4. The highest BCUT2D eigenvalue weighted by atomic mass is 35.5. The van der Waals surface area contributed by atoms with Gasteiger partial charge in [0, 0.05) is 101 Å². The lowest BCUT2D eigenvalue weighted by Crippen LogP contribution is -2.57. The number of nitrogens with zero attached hydrogens (tertiary/aromatic N) is 11. The molecule has 314 valence electrons. The van der Waals surface area contributed by atoms with Crippen LogP contribution in [-0.2, 0) is 12.8 Å². The van der Waals surface area contributed by atoms with Gasteiger partial charge in [-0.3, -0.25) is 15.0 Å². The average molecular weight is 903 g/mol. The molecular weight excluding hydrogens is 862 g/mol. The van der Waals surface area contributed by atoms with E-state index >= 15 is 0 Å². The lowest BCUT2D eigenvalue weighted by molar-refractivity contribution is 0.300. The molecule has 0 amide bonds. The maximum Gasteiger partial charge on any atom is 0.196 e. The number of halogens is 2. The number of aromatic nitrogens is 11. The van der Waals surface area contributed by atoms with Crippen molar-refractivity contribution in [3.63, 3.8) is 0 Å². The summed E-state index contributed by atoms with van der Waals surface area (Å²) in [5, 5.41) is 4.29. The summed E-state index contributed by atoms with van der Waals surface area (Å²) in [5.74, 6) is 2.79. The van der Waals surface area contributed by atoms with Crippen molar-refractivity contribution in [2.24, 2.45) is 29.2 Å². The number of aromatic amines is 2. The van der Waals surface area contributed by atoms with E-state index in [4.69, 9.17) is 54.6 Å². The van der Waals surface area contributed by atoms with E-state index in [1.807, 2.05) is 30.5 Å². The molecule has 4 fully saturated rings. The largest absolute Gasteiger partial charge is 0.355 e. The summed E-state index contributed by atoms with van der Waals surface area (Å²) in [6.07, 6.45) is 14.3. The highest BCUT2D eigenvalue weighted by molar-refractivity contribution is 7.99. The van der Waals surface area contributed by atoms with Gasteiger partial charge >= 0.3 is 0 Å². The van der Waals surface area contributed by atoms with E-state index in [-0.39, 0.29) is 11.1 Å². The Morgan fingerprint density at radius 1 is 0.726 bits per heavy atom. The van der Waals surface area contributed by atoms with Crippen molar-refractivity contribution < 1.29 is 0 Å². The Balaban J connectivity index is 0.764. The van der Waals surface area contributed by atoms with Crippen molar-refractivity contribution in [2.45, 2.75) is 76.6 Å². The molecule has 2 saturated carbocycles. The van der Waals surface area contributed by atoms with E-state index in [9.17, 15) is 0 Å². The summed E-state index contributed by atoms with van der Waals surface area (Å²) in [6, 6.07) is 7.82. The molecule has 19 heteroatoms. The van der Waals surface area contributed by atoms with Crippen molar-refractivity contribution in [1.82, 2.24) is 54.8 Å². The Bertz CT molecular complexity index is 3090. The summed E-state index contributed by atoms with van der Waals surface area (Å²) in [4.78, 5) is 55.8. The summed E-state index contributed by atoms with van der Waals surface area (Å²) >= 11 is 17.2. The molecule has 8 aromatic rings. The third-order valence-corrected chi connectivity index (χ3v) is 15.9. The number of nitrogens with one attached hydrogen (secondary N) is 2. The third kappa shape index (κ3) is 6.62. The minimum atomic E-state index is -0.264. The van der Waals surface area contributed by atoms with Gasteiger partial charge in [-0.1, -0.05) is 30.1 Å². The average Bonchev–Trinajstić information content (AvgIpc) is 4.06. The fourth-order valence-corrected chi connectivity index (χ4v) is 11.5. The number of hydrogen-bond acceptors (Lipinski definition) is 15. The second-order valence-electron chi connectivity index (χ2n) is 17.3. The zero-order valence-corrected chi connectivity index (χ0v) is 36.8. The van der Waals surface area contributed by atoms with Gasteiger partial charge in [-0.25, -0.2) is 29.9 Å². The van der Waals surface area contributed by atoms with Gasteiger partial charge in [0.25, 0.3) is 0 Å². The molecule has 0 spiro atoms. The van der Waals surface area contributed by atoms with Gasteiger partial charge in [-0.05, 0) is 92.2 Å². The molecule has 2 unspecified atom stereocenters. The van der Waals surface area contributed by atoms with Crippen molar-refractivity contribution in [3.8, 4) is 0 Å². The Morgan fingerprint density at radius 2 is 1.34 bits per heavy atom. The summed E-state index contributed by atoms with van der Waals surface area (Å²) in [5.41, 5.74) is 19.9. The molecule has 6 N–H and O–H groups in total. The quantitative estimate of drug-likeness (QED) is 0.0882. The smallest absolute Gasteiger partial charge is 0.196 e. The van der Waals surface area contributed by atoms with E-state index in [0.29, 0.717) is 43.8 Å². The van der Waals surface area contributed by atoms with E-state index < -0.39 is 0 Å². The predicted molar refractivity (Wildman–Crippen MR) is 243 cm³/mol. The first-order chi connectivity index (χ1) is 30.1. The van der Waals surface area contributed by atoms with Crippen LogP contribution in [0.25, 0.3) is 44.3 Å². The Labute approximate surface area is 374 Å². The van der Waals surface area contributed by atoms with Gasteiger partial charge in [0.05, 0.1) is 31.9 Å². The fraction of sp³-hybridized carbons (Fsp3) is 0.372. The molecule has 2 aliphatic heterocycles. The van der Waals surface area contributed by atoms with E-state index in [1.54, 1.807) is 24.8 Å². The van der Waals surface area contributed by atoms with Gasteiger partial charge in [0.15, 0.2) is 16.0 Å². The normalized spacial score (nSPS) is 21.0. The van der Waals surface area contributed by atoms with Crippen molar-refractivity contribution in [3.05, 3.63) is 76.7 Å². The van der Waals surface area contributed by atoms with Crippen LogP contribution in [0, 0.1) is 17.8 Å². The van der Waals surface area contributed by atoms with Crippen molar-refractivity contribution in [1.29, 1.82) is 0 Å². The summed E-state index contributed by atoms with van der Waals surface area (Å²) in [6.45, 7) is 5.37. The standard InChI is InChI=1S/C43H41Cl2N15S2/c1-2-26-33(44)31-36(53-26)55-40(61-24-12-29-27(51-15-24)4-3-9-48-29)57-38(31)60-19-23(20-60)43(47)14-21(43)5-6-28-34(45)32-37(54-28)56-41(58-39(32)59-17-22(18-59)42(46)7-8-42)62-25-13-30-35(52-16-25)50-11-10-49-30/h3-4,9-13,15-16,21-23H,2,5-8,14,17-20,46-47H2,1H3,(H,53,55,57)(H,54,56,58). The molecule has 12 rings (SSSR count). The molecule has 0 aromatic carbocycles. The Morgan fingerprint density at radius 3 is 2.03 bits per heavy atom. The fourth-order valence-electron chi connectivity index (χ4n) is 9.32. The van der Waals surface area contributed by atoms with Crippen molar-refractivity contribution in [2.75, 3.05) is 36.0 Å². The molecule has 0 radical (unpaired) electrons. The lowest BCUT2D eigenvalue weighted by Gasteiger charge is -2.44. The number of rotatable bonds is 12. The van der Waals surface area contributed by atoms with E-state index in [2.05, 4.69) is 51.6 Å². The zero-order valence-electron chi connectivity index (χ0n) is 33.6.